The van der Waals surface area contributed by atoms with Crippen LogP contribution in [0.15, 0.2) is 24.3 Å². The quantitative estimate of drug-likeness (QED) is 0.0448. The number of Topliss-reactive ketones (excluding diaryl/α,β-unsaturated/α-hetero) is 1. The number of rotatable bonds is 22. The fourth-order valence-corrected chi connectivity index (χ4v) is 5.14. The molecule has 0 spiro atoms. The van der Waals surface area contributed by atoms with E-state index in [0.29, 0.717) is 12.0 Å². The van der Waals surface area contributed by atoms with Gasteiger partial charge in [-0.05, 0) is 43.0 Å². The van der Waals surface area contributed by atoms with Gasteiger partial charge in [0.2, 0.25) is 11.5 Å². The summed E-state index contributed by atoms with van der Waals surface area (Å²) in [5.74, 6) is -2.61. The maximum absolute atomic E-state index is 12.0. The van der Waals surface area contributed by atoms with Gasteiger partial charge >= 0.3 is 0 Å². The van der Waals surface area contributed by atoms with Crippen LogP contribution in [0.2, 0.25) is 0 Å². The lowest BCUT2D eigenvalue weighted by Gasteiger charge is -2.07. The Morgan fingerprint density at radius 1 is 0.465 bits per heavy atom. The van der Waals surface area contributed by atoms with Gasteiger partial charge in [-0.3, -0.25) is 4.79 Å². The van der Waals surface area contributed by atoms with Crippen molar-refractivity contribution in [3.63, 3.8) is 0 Å². The lowest BCUT2D eigenvalue weighted by atomic mass is 10.0. The van der Waals surface area contributed by atoms with E-state index in [-0.39, 0.29) is 22.8 Å². The molecule has 0 heterocycles. The molecule has 43 heavy (non-hydrogen) atoms. The van der Waals surface area contributed by atoms with Crippen LogP contribution in [0.5, 0.6) is 34.5 Å². The molecule has 2 aromatic rings. The molecule has 0 saturated carbocycles. The summed E-state index contributed by atoms with van der Waals surface area (Å²) in [6.45, 7) is 4.45. The first-order valence-electron chi connectivity index (χ1n) is 16.7. The van der Waals surface area contributed by atoms with Gasteiger partial charge in [0.15, 0.2) is 28.8 Å². The third kappa shape index (κ3) is 15.8. The highest BCUT2D eigenvalue weighted by atomic mass is 16.3. The smallest absolute Gasteiger partial charge is 0.201 e. The van der Waals surface area contributed by atoms with E-state index in [1.54, 1.807) is 6.07 Å². The summed E-state index contributed by atoms with van der Waals surface area (Å²) in [7, 11) is 0. The summed E-state index contributed by atoms with van der Waals surface area (Å²) >= 11 is 0. The van der Waals surface area contributed by atoms with Gasteiger partial charge in [-0.25, -0.2) is 0 Å². The zero-order valence-corrected chi connectivity index (χ0v) is 26.8. The van der Waals surface area contributed by atoms with Crippen LogP contribution in [0.1, 0.15) is 158 Å². The Morgan fingerprint density at radius 3 is 1.35 bits per heavy atom. The molecule has 7 heteroatoms. The number of hydrogen-bond acceptors (Lipinski definition) is 7. The maximum Gasteiger partial charge on any atom is 0.201 e. The minimum Gasteiger partial charge on any atom is -0.504 e. The van der Waals surface area contributed by atoms with Crippen LogP contribution in [0.3, 0.4) is 0 Å². The summed E-state index contributed by atoms with van der Waals surface area (Å²) in [6.07, 6.45) is 24.5. The van der Waals surface area contributed by atoms with Crippen molar-refractivity contribution in [2.45, 2.75) is 149 Å². The zero-order valence-electron chi connectivity index (χ0n) is 26.8. The van der Waals surface area contributed by atoms with E-state index >= 15 is 0 Å². The van der Waals surface area contributed by atoms with Gasteiger partial charge in [0.05, 0.1) is 5.56 Å². The Balaban J connectivity index is 0.000000430. The fourth-order valence-electron chi connectivity index (χ4n) is 5.14. The van der Waals surface area contributed by atoms with E-state index in [4.69, 9.17) is 0 Å². The zero-order chi connectivity index (χ0) is 31.9. The molecule has 0 fully saturated rings. The second-order valence-electron chi connectivity index (χ2n) is 11.7. The molecule has 0 amide bonds. The number of aryl methyl sites for hydroxylation is 1. The van der Waals surface area contributed by atoms with Crippen LogP contribution < -0.4 is 0 Å². The molecule has 2 rings (SSSR count). The Bertz CT molecular complexity index is 1030. The number of ketones is 1. The van der Waals surface area contributed by atoms with Crippen LogP contribution in [-0.2, 0) is 6.42 Å². The predicted molar refractivity (Wildman–Crippen MR) is 175 cm³/mol. The van der Waals surface area contributed by atoms with Crippen molar-refractivity contribution in [2.75, 3.05) is 0 Å². The highest BCUT2D eigenvalue weighted by molar-refractivity contribution is 5.99. The third-order valence-corrected chi connectivity index (χ3v) is 7.95. The number of hydrogen-bond donors (Lipinski definition) is 6. The maximum atomic E-state index is 12.0. The van der Waals surface area contributed by atoms with Gasteiger partial charge in [-0.1, -0.05) is 129 Å². The number of benzene rings is 2. The van der Waals surface area contributed by atoms with Gasteiger partial charge in [0.25, 0.3) is 0 Å². The molecule has 6 N–H and O–H groups in total. The van der Waals surface area contributed by atoms with Gasteiger partial charge < -0.3 is 30.6 Å². The second kappa shape index (κ2) is 23.4. The Hall–Kier alpha value is -3.09. The van der Waals surface area contributed by atoms with E-state index in [1.165, 1.54) is 108 Å². The molecule has 0 saturated heterocycles. The van der Waals surface area contributed by atoms with Crippen molar-refractivity contribution >= 4 is 5.78 Å². The van der Waals surface area contributed by atoms with E-state index in [2.05, 4.69) is 13.8 Å². The van der Waals surface area contributed by atoms with Crippen molar-refractivity contribution in [2.24, 2.45) is 0 Å². The molecule has 2 aromatic carbocycles. The molecular formula is C36H58O7. The molecular weight excluding hydrogens is 544 g/mol. The van der Waals surface area contributed by atoms with Gasteiger partial charge in [0, 0.05) is 6.42 Å². The Kier molecular flexibility index (Phi) is 20.6. The summed E-state index contributed by atoms with van der Waals surface area (Å²) in [5, 5.41) is 56.7. The number of phenols is 6. The van der Waals surface area contributed by atoms with Crippen molar-refractivity contribution in [1.29, 1.82) is 0 Å². The van der Waals surface area contributed by atoms with Gasteiger partial charge in [0.1, 0.15) is 0 Å². The average Bonchev–Trinajstić information content (AvgIpc) is 3.00. The van der Waals surface area contributed by atoms with E-state index in [1.807, 2.05) is 0 Å². The lowest BCUT2D eigenvalue weighted by molar-refractivity contribution is 0.0975. The molecule has 0 aliphatic heterocycles. The van der Waals surface area contributed by atoms with E-state index in [0.717, 1.165) is 38.5 Å². The first kappa shape index (κ1) is 37.9. The highest BCUT2D eigenvalue weighted by Crippen LogP contribution is 2.38. The number of aromatic hydroxyl groups is 6. The number of carbonyl (C=O) groups excluding carboxylic acids is 1. The summed E-state index contributed by atoms with van der Waals surface area (Å²) in [4.78, 5) is 12.0. The molecule has 0 atom stereocenters. The van der Waals surface area contributed by atoms with Crippen LogP contribution in [0.25, 0.3) is 0 Å². The number of phenolic OH excluding ortho intramolecular Hbond substituents is 6. The molecule has 0 aliphatic carbocycles. The first-order valence-corrected chi connectivity index (χ1v) is 16.7. The van der Waals surface area contributed by atoms with Crippen LogP contribution in [0.4, 0.5) is 0 Å². The normalized spacial score (nSPS) is 10.8. The van der Waals surface area contributed by atoms with Crippen LogP contribution in [-0.4, -0.2) is 36.4 Å². The van der Waals surface area contributed by atoms with Gasteiger partial charge in [-0.15, -0.1) is 0 Å². The van der Waals surface area contributed by atoms with Crippen LogP contribution >= 0.6 is 0 Å². The molecule has 0 bridgehead atoms. The SMILES string of the molecule is CCCCCCCCCCCC(=O)c1ccc(O)c(O)c1O.CCCCCCCCCCCCc1ccc(O)c(O)c1O. The minimum atomic E-state index is -0.627. The van der Waals surface area contributed by atoms with Crippen molar-refractivity contribution in [1.82, 2.24) is 0 Å². The third-order valence-electron chi connectivity index (χ3n) is 7.95. The summed E-state index contributed by atoms with van der Waals surface area (Å²) in [6, 6.07) is 5.68. The summed E-state index contributed by atoms with van der Waals surface area (Å²) in [5.41, 5.74) is 0.791. The monoisotopic (exact) mass is 602 g/mol. The van der Waals surface area contributed by atoms with Crippen molar-refractivity contribution < 1.29 is 35.4 Å². The molecule has 7 nitrogen and oxygen atoms in total. The lowest BCUT2D eigenvalue weighted by Crippen LogP contribution is -1.99. The topological polar surface area (TPSA) is 138 Å². The summed E-state index contributed by atoms with van der Waals surface area (Å²) < 4.78 is 0. The standard InChI is InChI=1S/C18H28O4.C18H30O3/c1-2-3-4-5-6-7-8-9-10-11-15(19)14-12-13-16(20)18(22)17(14)21;1-2-3-4-5-6-7-8-9-10-11-12-15-13-14-16(19)18(21)17(15)20/h12-13,20-22H,2-11H2,1H3;13-14,19-21H,2-12H2,1H3. The van der Waals surface area contributed by atoms with Crippen molar-refractivity contribution in [3.8, 4) is 34.5 Å². The Labute approximate surface area is 259 Å². The van der Waals surface area contributed by atoms with Gasteiger partial charge in [-0.2, -0.15) is 0 Å². The second-order valence-corrected chi connectivity index (χ2v) is 11.7. The predicted octanol–water partition coefficient (Wildman–Crippen LogP) is 10.2. The molecule has 0 aliphatic rings. The fraction of sp³-hybridized carbons (Fsp3) is 0.639. The number of carbonyl (C=O) groups is 1. The molecule has 0 aromatic heterocycles. The minimum absolute atomic E-state index is 0.0786. The first-order chi connectivity index (χ1) is 20.7. The number of unbranched alkanes of at least 4 members (excludes halogenated alkanes) is 17. The van der Waals surface area contributed by atoms with E-state index < -0.39 is 23.0 Å². The molecule has 0 radical (unpaired) electrons. The van der Waals surface area contributed by atoms with E-state index in [9.17, 15) is 35.4 Å². The highest BCUT2D eigenvalue weighted by Gasteiger charge is 2.16. The average molecular weight is 603 g/mol. The molecule has 0 unspecified atom stereocenters. The Morgan fingerprint density at radius 2 is 0.860 bits per heavy atom. The van der Waals surface area contributed by atoms with Crippen LogP contribution in [0, 0.1) is 0 Å². The largest absolute Gasteiger partial charge is 0.504 e. The van der Waals surface area contributed by atoms with Crippen molar-refractivity contribution in [3.05, 3.63) is 35.4 Å². The molecule has 244 valence electrons.